The van der Waals surface area contributed by atoms with Crippen LogP contribution < -0.4 is 0 Å². The van der Waals surface area contributed by atoms with Crippen LogP contribution in [0.4, 0.5) is 4.79 Å². The molecule has 2 aromatic carbocycles. The maximum Gasteiger partial charge on any atom is 0.410 e. The number of aliphatic hydroxyl groups is 1. The van der Waals surface area contributed by atoms with Crippen molar-refractivity contribution in [1.29, 1.82) is 0 Å². The van der Waals surface area contributed by atoms with Crippen molar-refractivity contribution in [3.05, 3.63) is 82.3 Å². The van der Waals surface area contributed by atoms with Crippen LogP contribution in [0.2, 0.25) is 0 Å². The van der Waals surface area contributed by atoms with Crippen LogP contribution in [0.25, 0.3) is 0 Å². The molecule has 38 heavy (non-hydrogen) atoms. The molecule has 1 amide bonds. The van der Waals surface area contributed by atoms with E-state index in [0.29, 0.717) is 25.1 Å². The minimum absolute atomic E-state index is 0.00485. The predicted octanol–water partition coefficient (Wildman–Crippen LogP) is 4.11. The van der Waals surface area contributed by atoms with Gasteiger partial charge in [-0.15, -0.1) is 0 Å². The van der Waals surface area contributed by atoms with Crippen LogP contribution in [0.1, 0.15) is 36.4 Å². The molecule has 2 unspecified atom stereocenters. The average Bonchev–Trinajstić information content (AvgIpc) is 3.26. The molecule has 2 heterocycles. The topological polar surface area (TPSA) is 128 Å². The molecule has 2 atom stereocenters. The summed E-state index contributed by atoms with van der Waals surface area (Å²) in [4.78, 5) is 36.2. The zero-order valence-electron chi connectivity index (χ0n) is 21.0. The van der Waals surface area contributed by atoms with Gasteiger partial charge in [-0.05, 0) is 36.5 Å². The van der Waals surface area contributed by atoms with Gasteiger partial charge < -0.3 is 25.0 Å². The first kappa shape index (κ1) is 29.3. The lowest BCUT2D eigenvalue weighted by Crippen LogP contribution is -2.39. The number of ether oxygens (including phenoxy) is 1. The van der Waals surface area contributed by atoms with E-state index >= 15 is 0 Å². The minimum Gasteiger partial charge on any atom is -0.478 e. The number of rotatable bonds is 9. The number of hydrogen-bond acceptors (Lipinski definition) is 6. The number of aliphatic hydroxyl groups excluding tert-OH is 1. The third-order valence-electron chi connectivity index (χ3n) is 6.51. The number of amides is 1. The number of carboxylic acid groups (broad SMARTS) is 2. The summed E-state index contributed by atoms with van der Waals surface area (Å²) in [6.45, 7) is 3.33. The molecule has 4 rings (SSSR count). The Morgan fingerprint density at radius 2 is 1.61 bits per heavy atom. The highest BCUT2D eigenvalue weighted by Crippen LogP contribution is 2.31. The van der Waals surface area contributed by atoms with Gasteiger partial charge in [0.2, 0.25) is 0 Å². The van der Waals surface area contributed by atoms with Gasteiger partial charge in [-0.25, -0.2) is 14.4 Å². The van der Waals surface area contributed by atoms with Gasteiger partial charge >= 0.3 is 18.0 Å². The zero-order chi connectivity index (χ0) is 27.5. The van der Waals surface area contributed by atoms with Crippen LogP contribution >= 0.6 is 15.9 Å². The van der Waals surface area contributed by atoms with E-state index in [1.54, 1.807) is 0 Å². The molecule has 204 valence electrons. The van der Waals surface area contributed by atoms with E-state index < -0.39 is 11.9 Å². The second-order valence-corrected chi connectivity index (χ2v) is 10.1. The van der Waals surface area contributed by atoms with E-state index in [-0.39, 0.29) is 24.3 Å². The number of likely N-dealkylation sites (tertiary alicyclic amines) is 1. The number of carbonyl (C=O) groups is 3. The highest BCUT2D eigenvalue weighted by molar-refractivity contribution is 9.10. The second-order valence-electron chi connectivity index (χ2n) is 9.25. The summed E-state index contributed by atoms with van der Waals surface area (Å²) < 4.78 is 6.81. The molecule has 2 aliphatic rings. The van der Waals surface area contributed by atoms with Gasteiger partial charge in [0.1, 0.15) is 6.10 Å². The molecule has 2 aliphatic heterocycles. The molecule has 2 saturated heterocycles. The fourth-order valence-electron chi connectivity index (χ4n) is 4.58. The van der Waals surface area contributed by atoms with E-state index in [2.05, 4.69) is 39.0 Å². The van der Waals surface area contributed by atoms with Gasteiger partial charge in [0.15, 0.2) is 0 Å². The van der Waals surface area contributed by atoms with E-state index in [9.17, 15) is 19.5 Å². The molecule has 9 nitrogen and oxygen atoms in total. The largest absolute Gasteiger partial charge is 0.478 e. The normalized spacial score (nSPS) is 19.1. The summed E-state index contributed by atoms with van der Waals surface area (Å²) in [7, 11) is 0. The molecule has 0 aliphatic carbocycles. The number of halogens is 1. The van der Waals surface area contributed by atoms with Crippen molar-refractivity contribution in [2.75, 3.05) is 26.2 Å². The lowest BCUT2D eigenvalue weighted by atomic mass is 10.00. The molecule has 0 radical (unpaired) electrons. The van der Waals surface area contributed by atoms with Gasteiger partial charge in [-0.3, -0.25) is 4.90 Å². The minimum atomic E-state index is -1.26. The Labute approximate surface area is 230 Å². The van der Waals surface area contributed by atoms with Gasteiger partial charge in [0.05, 0.1) is 18.7 Å². The van der Waals surface area contributed by atoms with Crippen LogP contribution in [-0.4, -0.2) is 81.5 Å². The summed E-state index contributed by atoms with van der Waals surface area (Å²) >= 11 is 3.60. The van der Waals surface area contributed by atoms with Gasteiger partial charge in [-0.2, -0.15) is 0 Å². The predicted molar refractivity (Wildman–Crippen MR) is 145 cm³/mol. The van der Waals surface area contributed by atoms with Gasteiger partial charge in [0, 0.05) is 42.7 Å². The van der Waals surface area contributed by atoms with E-state index in [0.717, 1.165) is 54.5 Å². The standard InChI is InChI=1S/C24H29BrN2O3.C4H4O4/c25-22-9-5-4-8-19(22)16-21-17-27(24(29)30-21)23(18-6-2-1-3-7-18)12-15-26-13-10-20(28)11-14-26;5-3(6)1-2-4(7)8/h1-9,20-21,23,28H,10-17H2;1-2H,(H,5,6)(H,7,8)/b;2-1+. The number of carbonyl (C=O) groups excluding carboxylic acids is 1. The van der Waals surface area contributed by atoms with Crippen LogP contribution in [-0.2, 0) is 20.7 Å². The summed E-state index contributed by atoms with van der Waals surface area (Å²) in [5, 5.41) is 25.4. The Morgan fingerprint density at radius 3 is 2.21 bits per heavy atom. The second kappa shape index (κ2) is 14.7. The zero-order valence-corrected chi connectivity index (χ0v) is 22.6. The summed E-state index contributed by atoms with van der Waals surface area (Å²) in [5.41, 5.74) is 2.30. The SMILES string of the molecule is O=C(O)/C=C/C(=O)O.O=C1OC(Cc2ccccc2Br)CN1C(CCN1CCC(O)CC1)c1ccccc1. The number of carboxylic acids is 2. The Bertz CT molecular complexity index is 1090. The molecule has 2 aromatic rings. The highest BCUT2D eigenvalue weighted by Gasteiger charge is 2.37. The third-order valence-corrected chi connectivity index (χ3v) is 7.29. The molecular formula is C28H33BrN2O7. The molecular weight excluding hydrogens is 556 g/mol. The molecule has 3 N–H and O–H groups in total. The number of benzene rings is 2. The molecule has 10 heteroatoms. The quantitative estimate of drug-likeness (QED) is 0.373. The van der Waals surface area contributed by atoms with Crippen molar-refractivity contribution in [2.24, 2.45) is 0 Å². The molecule has 0 aromatic heterocycles. The van der Waals surface area contributed by atoms with Crippen molar-refractivity contribution in [1.82, 2.24) is 9.80 Å². The van der Waals surface area contributed by atoms with Gasteiger partial charge in [0.25, 0.3) is 0 Å². The summed E-state index contributed by atoms with van der Waals surface area (Å²) in [6, 6.07) is 18.3. The molecule has 2 fully saturated rings. The Morgan fingerprint density at radius 1 is 1.00 bits per heavy atom. The Kier molecular flexibility index (Phi) is 11.3. The third kappa shape index (κ3) is 9.27. The molecule has 0 saturated carbocycles. The fraction of sp³-hybridized carbons (Fsp3) is 0.393. The van der Waals surface area contributed by atoms with E-state index in [1.165, 1.54) is 0 Å². The number of nitrogens with zero attached hydrogens (tertiary/aromatic N) is 2. The number of piperidine rings is 1. The van der Waals surface area contributed by atoms with Crippen LogP contribution in [0.5, 0.6) is 0 Å². The number of aliphatic carboxylic acids is 2. The maximum atomic E-state index is 12.8. The van der Waals surface area contributed by atoms with E-state index in [4.69, 9.17) is 14.9 Å². The van der Waals surface area contributed by atoms with E-state index in [1.807, 2.05) is 41.3 Å². The first-order chi connectivity index (χ1) is 18.2. The van der Waals surface area contributed by atoms with Crippen LogP contribution in [0, 0.1) is 0 Å². The first-order valence-corrected chi connectivity index (χ1v) is 13.3. The van der Waals surface area contributed by atoms with Crippen LogP contribution in [0.3, 0.4) is 0 Å². The van der Waals surface area contributed by atoms with Crippen molar-refractivity contribution in [3.63, 3.8) is 0 Å². The molecule has 0 spiro atoms. The Hall–Kier alpha value is -3.21. The average molecular weight is 589 g/mol. The lowest BCUT2D eigenvalue weighted by Gasteiger charge is -2.32. The van der Waals surface area contributed by atoms with Gasteiger partial charge in [-0.1, -0.05) is 64.5 Å². The summed E-state index contributed by atoms with van der Waals surface area (Å²) in [6.07, 6.45) is 3.79. The monoisotopic (exact) mass is 588 g/mol. The molecule has 0 bridgehead atoms. The van der Waals surface area contributed by atoms with Crippen molar-refractivity contribution in [2.45, 2.75) is 43.9 Å². The summed E-state index contributed by atoms with van der Waals surface area (Å²) in [5.74, 6) is -2.51. The lowest BCUT2D eigenvalue weighted by molar-refractivity contribution is -0.134. The first-order valence-electron chi connectivity index (χ1n) is 12.5. The van der Waals surface area contributed by atoms with Crippen molar-refractivity contribution >= 4 is 34.0 Å². The number of cyclic esters (lactones) is 1. The van der Waals surface area contributed by atoms with Crippen molar-refractivity contribution < 1.29 is 34.4 Å². The smallest absolute Gasteiger partial charge is 0.410 e. The number of hydrogen-bond donors (Lipinski definition) is 3. The Balaban J connectivity index is 0.000000436. The fourth-order valence-corrected chi connectivity index (χ4v) is 5.03. The highest BCUT2D eigenvalue weighted by atomic mass is 79.9. The maximum absolute atomic E-state index is 12.8. The van der Waals surface area contributed by atoms with Crippen molar-refractivity contribution in [3.8, 4) is 0 Å². The van der Waals surface area contributed by atoms with Crippen LogP contribution in [0.15, 0.2) is 71.2 Å².